The monoisotopic (exact) mass is 280 g/mol. The number of hydrogen-bond donors (Lipinski definition) is 0. The molecule has 21 heavy (non-hydrogen) atoms. The molecule has 0 nitrogen and oxygen atoms in total. The van der Waals surface area contributed by atoms with Crippen LogP contribution in [0.15, 0.2) is 6.07 Å². The lowest BCUT2D eigenvalue weighted by molar-refractivity contribution is 0.405. The second-order valence-corrected chi connectivity index (χ2v) is 8.32. The molecule has 5 rings (SSSR count). The predicted octanol–water partition coefficient (Wildman–Crippen LogP) is 5.65. The van der Waals surface area contributed by atoms with Gasteiger partial charge in [-0.05, 0) is 110 Å². The number of benzene rings is 1. The largest absolute Gasteiger partial charge is 0.0552 e. The maximum atomic E-state index is 2.67. The van der Waals surface area contributed by atoms with E-state index in [0.29, 0.717) is 0 Å². The summed E-state index contributed by atoms with van der Waals surface area (Å²) in [7, 11) is 0. The lowest BCUT2D eigenvalue weighted by atomic mass is 9.68. The van der Waals surface area contributed by atoms with Gasteiger partial charge in [-0.3, -0.25) is 0 Å². The van der Waals surface area contributed by atoms with Gasteiger partial charge in [-0.1, -0.05) is 18.9 Å². The van der Waals surface area contributed by atoms with Crippen molar-refractivity contribution >= 4 is 0 Å². The van der Waals surface area contributed by atoms with Gasteiger partial charge in [0.05, 0.1) is 0 Å². The molecule has 2 saturated carbocycles. The maximum absolute atomic E-state index is 2.67. The summed E-state index contributed by atoms with van der Waals surface area (Å²) in [6.07, 6.45) is 14.6. The molecule has 0 N–H and O–H groups in total. The lowest BCUT2D eigenvalue weighted by Gasteiger charge is -2.36. The van der Waals surface area contributed by atoms with Gasteiger partial charge in [0.15, 0.2) is 0 Å². The number of aryl methyl sites for hydroxylation is 2. The lowest BCUT2D eigenvalue weighted by Crippen LogP contribution is -2.23. The summed E-state index contributed by atoms with van der Waals surface area (Å²) in [6.45, 7) is 2.50. The van der Waals surface area contributed by atoms with Gasteiger partial charge in [-0.2, -0.15) is 0 Å². The Balaban J connectivity index is 1.68. The van der Waals surface area contributed by atoms with Gasteiger partial charge >= 0.3 is 0 Å². The van der Waals surface area contributed by atoms with Crippen molar-refractivity contribution in [2.45, 2.75) is 83.0 Å². The predicted molar refractivity (Wildman–Crippen MR) is 88.0 cm³/mol. The summed E-state index contributed by atoms with van der Waals surface area (Å²) in [6, 6.07) is 2.67. The van der Waals surface area contributed by atoms with Crippen LogP contribution in [-0.4, -0.2) is 0 Å². The fourth-order valence-corrected chi connectivity index (χ4v) is 6.65. The van der Waals surface area contributed by atoms with Crippen molar-refractivity contribution in [3.05, 3.63) is 33.9 Å². The Labute approximate surface area is 129 Å². The van der Waals surface area contributed by atoms with Crippen LogP contribution >= 0.6 is 0 Å². The van der Waals surface area contributed by atoms with Gasteiger partial charge in [0.1, 0.15) is 0 Å². The molecule has 0 aromatic heterocycles. The van der Waals surface area contributed by atoms with Crippen LogP contribution in [0.1, 0.15) is 91.0 Å². The zero-order chi connectivity index (χ0) is 14.0. The van der Waals surface area contributed by atoms with Crippen molar-refractivity contribution in [1.29, 1.82) is 0 Å². The fourth-order valence-electron chi connectivity index (χ4n) is 6.65. The molecule has 0 heterocycles. The van der Waals surface area contributed by atoms with Gasteiger partial charge < -0.3 is 0 Å². The van der Waals surface area contributed by atoms with Gasteiger partial charge in [0.25, 0.3) is 0 Å². The molecule has 0 unspecified atom stereocenters. The molecule has 1 aromatic rings. The number of rotatable bonds is 0. The summed E-state index contributed by atoms with van der Waals surface area (Å²) in [5.41, 5.74) is 8.96. The second kappa shape index (κ2) is 4.61. The van der Waals surface area contributed by atoms with Crippen molar-refractivity contribution < 1.29 is 0 Å². The average Bonchev–Trinajstić information content (AvgIpc) is 3.14. The zero-order valence-electron chi connectivity index (χ0n) is 13.5. The molecule has 1 aromatic carbocycles. The SMILES string of the molecule is Cc1c2c(cc3c1[C@H]1CCC[C@@H]1CC3)CC[C@H]1CCC[C@H]21. The molecule has 4 aliphatic rings. The van der Waals surface area contributed by atoms with Crippen LogP contribution in [0.25, 0.3) is 0 Å². The van der Waals surface area contributed by atoms with E-state index in [1.807, 2.05) is 11.1 Å². The van der Waals surface area contributed by atoms with Crippen LogP contribution in [0.5, 0.6) is 0 Å². The summed E-state index contributed by atoms with van der Waals surface area (Å²) >= 11 is 0. The number of hydrogen-bond acceptors (Lipinski definition) is 0. The van der Waals surface area contributed by atoms with E-state index in [2.05, 4.69) is 13.0 Å². The fraction of sp³-hybridized carbons (Fsp3) is 0.714. The molecule has 0 radical (unpaired) electrons. The van der Waals surface area contributed by atoms with Crippen molar-refractivity contribution in [2.24, 2.45) is 11.8 Å². The van der Waals surface area contributed by atoms with E-state index in [4.69, 9.17) is 0 Å². The molecule has 112 valence electrons. The first kappa shape index (κ1) is 12.7. The summed E-state index contributed by atoms with van der Waals surface area (Å²) in [5, 5.41) is 0. The normalized spacial score (nSPS) is 36.8. The van der Waals surface area contributed by atoms with E-state index in [1.165, 1.54) is 64.2 Å². The minimum Gasteiger partial charge on any atom is -0.0552 e. The third-order valence-electron chi connectivity index (χ3n) is 7.48. The van der Waals surface area contributed by atoms with Gasteiger partial charge in [-0.25, -0.2) is 0 Å². The highest BCUT2D eigenvalue weighted by atomic mass is 14.4. The quantitative estimate of drug-likeness (QED) is 0.575. The first-order valence-electron chi connectivity index (χ1n) is 9.48. The van der Waals surface area contributed by atoms with E-state index in [0.717, 1.165) is 23.7 Å². The van der Waals surface area contributed by atoms with E-state index in [9.17, 15) is 0 Å². The molecular weight excluding hydrogens is 252 g/mol. The third-order valence-corrected chi connectivity index (χ3v) is 7.48. The van der Waals surface area contributed by atoms with Crippen LogP contribution < -0.4 is 0 Å². The Morgan fingerprint density at radius 2 is 1.24 bits per heavy atom. The Hall–Kier alpha value is -0.780. The molecule has 0 spiro atoms. The van der Waals surface area contributed by atoms with E-state index < -0.39 is 0 Å². The minimum atomic E-state index is 0.931. The van der Waals surface area contributed by atoms with E-state index >= 15 is 0 Å². The van der Waals surface area contributed by atoms with Crippen LogP contribution in [0.2, 0.25) is 0 Å². The van der Waals surface area contributed by atoms with Crippen LogP contribution in [-0.2, 0) is 12.8 Å². The molecule has 0 aliphatic heterocycles. The Kier molecular flexibility index (Phi) is 2.79. The van der Waals surface area contributed by atoms with Crippen LogP contribution in [0.3, 0.4) is 0 Å². The molecule has 2 fully saturated rings. The highest BCUT2D eigenvalue weighted by molar-refractivity contribution is 5.52. The van der Waals surface area contributed by atoms with Gasteiger partial charge in [0, 0.05) is 0 Å². The smallest absolute Gasteiger partial charge is 0.0128 e. The van der Waals surface area contributed by atoms with Gasteiger partial charge in [-0.15, -0.1) is 0 Å². The third kappa shape index (κ3) is 1.74. The molecule has 4 aliphatic carbocycles. The van der Waals surface area contributed by atoms with Crippen LogP contribution in [0.4, 0.5) is 0 Å². The maximum Gasteiger partial charge on any atom is -0.0128 e. The highest BCUT2D eigenvalue weighted by Gasteiger charge is 2.39. The van der Waals surface area contributed by atoms with E-state index in [1.54, 1.807) is 16.7 Å². The minimum absolute atomic E-state index is 0.931. The number of fused-ring (bicyclic) bond motifs is 6. The van der Waals surface area contributed by atoms with Crippen molar-refractivity contribution in [3.8, 4) is 0 Å². The Morgan fingerprint density at radius 1 is 0.714 bits per heavy atom. The Bertz CT molecular complexity index is 534. The first-order chi connectivity index (χ1) is 10.3. The second-order valence-electron chi connectivity index (χ2n) is 8.32. The zero-order valence-corrected chi connectivity index (χ0v) is 13.5. The molecule has 4 atom stereocenters. The topological polar surface area (TPSA) is 0 Å². The van der Waals surface area contributed by atoms with Crippen molar-refractivity contribution in [3.63, 3.8) is 0 Å². The van der Waals surface area contributed by atoms with Crippen LogP contribution in [0, 0.1) is 18.8 Å². The molecule has 0 bridgehead atoms. The summed E-state index contributed by atoms with van der Waals surface area (Å²) in [5.74, 6) is 3.91. The molecule has 0 amide bonds. The average molecular weight is 280 g/mol. The summed E-state index contributed by atoms with van der Waals surface area (Å²) < 4.78 is 0. The molecule has 0 heteroatoms. The first-order valence-corrected chi connectivity index (χ1v) is 9.48. The van der Waals surface area contributed by atoms with E-state index in [-0.39, 0.29) is 0 Å². The van der Waals surface area contributed by atoms with Crippen molar-refractivity contribution in [2.75, 3.05) is 0 Å². The van der Waals surface area contributed by atoms with Crippen molar-refractivity contribution in [1.82, 2.24) is 0 Å². The van der Waals surface area contributed by atoms with Gasteiger partial charge in [0.2, 0.25) is 0 Å². The molecule has 0 saturated heterocycles. The summed E-state index contributed by atoms with van der Waals surface area (Å²) in [4.78, 5) is 0. The highest BCUT2D eigenvalue weighted by Crippen LogP contribution is 2.53. The molecular formula is C21H28. The Morgan fingerprint density at radius 3 is 1.76 bits per heavy atom. The standard InChI is InChI=1S/C21H28/c1-13-20-16(10-8-14-4-2-6-18(14)20)12-17-11-9-15-5-3-7-19(15)21(13)17/h12,14-15,18-19H,2-11H2,1H3/t14-,15-,18+,19+/m1/s1.